The van der Waals surface area contributed by atoms with Gasteiger partial charge in [0.1, 0.15) is 5.75 Å². The highest BCUT2D eigenvalue weighted by Gasteiger charge is 2.19. The number of carbonyl (C=O) groups is 1. The number of rotatable bonds is 9. The molecule has 2 N–H and O–H groups in total. The molecule has 0 radical (unpaired) electrons. The van der Waals surface area contributed by atoms with Crippen LogP contribution in [-0.2, 0) is 9.53 Å². The Morgan fingerprint density at radius 3 is 2.42 bits per heavy atom. The standard InChI is InChI=1S/C27H31N3O3/c1-21-11-13-22(14-12-21)25(20-30-15-17-32-18-16-30)28-19-27(31)29-24-9-5-6-10-26(24)33-23-7-3-2-4-8-23/h2-14,25,28H,15-20H2,1H3,(H,29,31). The van der Waals surface area contributed by atoms with Crippen molar-refractivity contribution in [2.45, 2.75) is 13.0 Å². The number of hydrogen-bond donors (Lipinski definition) is 2. The van der Waals surface area contributed by atoms with Crippen molar-refractivity contribution < 1.29 is 14.3 Å². The number of hydrogen-bond acceptors (Lipinski definition) is 5. The minimum absolute atomic E-state index is 0.0465. The predicted molar refractivity (Wildman–Crippen MR) is 131 cm³/mol. The number of ether oxygens (including phenoxy) is 2. The van der Waals surface area contributed by atoms with Crippen LogP contribution >= 0.6 is 0 Å². The average molecular weight is 446 g/mol. The fourth-order valence-corrected chi connectivity index (χ4v) is 3.81. The summed E-state index contributed by atoms with van der Waals surface area (Å²) in [4.78, 5) is 15.2. The van der Waals surface area contributed by atoms with Gasteiger partial charge in [-0.25, -0.2) is 0 Å². The smallest absolute Gasteiger partial charge is 0.238 e. The number of amides is 1. The quantitative estimate of drug-likeness (QED) is 0.512. The van der Waals surface area contributed by atoms with Crippen LogP contribution in [0.4, 0.5) is 5.69 Å². The second-order valence-electron chi connectivity index (χ2n) is 8.22. The molecule has 1 fully saturated rings. The first kappa shape index (κ1) is 23.0. The molecule has 3 aromatic rings. The normalized spacial score (nSPS) is 15.1. The molecule has 0 saturated carbocycles. The Morgan fingerprint density at radius 1 is 0.970 bits per heavy atom. The van der Waals surface area contributed by atoms with Gasteiger partial charge in [-0.1, -0.05) is 60.2 Å². The Kier molecular flexibility index (Phi) is 8.09. The van der Waals surface area contributed by atoms with Crippen LogP contribution in [0.3, 0.4) is 0 Å². The lowest BCUT2D eigenvalue weighted by Crippen LogP contribution is -2.43. The number of anilines is 1. The lowest BCUT2D eigenvalue weighted by Gasteiger charge is -2.31. The molecule has 0 aliphatic carbocycles. The second-order valence-corrected chi connectivity index (χ2v) is 8.22. The van der Waals surface area contributed by atoms with Gasteiger partial charge in [0.15, 0.2) is 5.75 Å². The van der Waals surface area contributed by atoms with Crippen LogP contribution < -0.4 is 15.4 Å². The minimum atomic E-state index is -0.113. The average Bonchev–Trinajstić information content (AvgIpc) is 2.85. The highest BCUT2D eigenvalue weighted by molar-refractivity contribution is 5.93. The maximum absolute atomic E-state index is 12.8. The van der Waals surface area contributed by atoms with Crippen molar-refractivity contribution in [2.75, 3.05) is 44.7 Å². The Balaban J connectivity index is 1.39. The summed E-state index contributed by atoms with van der Waals surface area (Å²) in [5.41, 5.74) is 3.04. The van der Waals surface area contributed by atoms with Crippen molar-refractivity contribution in [3.8, 4) is 11.5 Å². The summed E-state index contributed by atoms with van der Waals surface area (Å²) in [6.45, 7) is 6.41. The van der Waals surface area contributed by atoms with E-state index in [9.17, 15) is 4.79 Å². The lowest BCUT2D eigenvalue weighted by atomic mass is 10.0. The van der Waals surface area contributed by atoms with Gasteiger partial charge in [-0.3, -0.25) is 9.69 Å². The summed E-state index contributed by atoms with van der Waals surface area (Å²) in [7, 11) is 0. The van der Waals surface area contributed by atoms with Gasteiger partial charge in [0.2, 0.25) is 5.91 Å². The molecule has 6 nitrogen and oxygen atoms in total. The van der Waals surface area contributed by atoms with Gasteiger partial charge in [0.05, 0.1) is 25.4 Å². The van der Waals surface area contributed by atoms with Gasteiger partial charge >= 0.3 is 0 Å². The second kappa shape index (κ2) is 11.6. The van der Waals surface area contributed by atoms with E-state index in [0.717, 1.165) is 38.6 Å². The molecule has 1 aliphatic rings. The molecule has 1 saturated heterocycles. The molecule has 1 heterocycles. The van der Waals surface area contributed by atoms with E-state index in [-0.39, 0.29) is 18.5 Å². The van der Waals surface area contributed by atoms with Crippen LogP contribution in [0.1, 0.15) is 17.2 Å². The third-order valence-corrected chi connectivity index (χ3v) is 5.67. The van der Waals surface area contributed by atoms with Gasteiger partial charge in [0.25, 0.3) is 0 Å². The van der Waals surface area contributed by atoms with Crippen LogP contribution in [0.25, 0.3) is 0 Å². The summed E-state index contributed by atoms with van der Waals surface area (Å²) < 4.78 is 11.4. The summed E-state index contributed by atoms with van der Waals surface area (Å²) in [6.07, 6.45) is 0. The van der Waals surface area contributed by atoms with Gasteiger partial charge in [0, 0.05) is 25.7 Å². The maximum Gasteiger partial charge on any atom is 0.238 e. The zero-order valence-corrected chi connectivity index (χ0v) is 19.0. The van der Waals surface area contributed by atoms with Crippen molar-refractivity contribution in [3.05, 3.63) is 90.0 Å². The summed E-state index contributed by atoms with van der Waals surface area (Å²) in [5.74, 6) is 1.22. The van der Waals surface area contributed by atoms with E-state index in [2.05, 4.69) is 46.7 Å². The molecule has 1 amide bonds. The van der Waals surface area contributed by atoms with Crippen molar-refractivity contribution in [3.63, 3.8) is 0 Å². The fourth-order valence-electron chi connectivity index (χ4n) is 3.81. The van der Waals surface area contributed by atoms with Crippen LogP contribution in [0.5, 0.6) is 11.5 Å². The van der Waals surface area contributed by atoms with Crippen molar-refractivity contribution >= 4 is 11.6 Å². The van der Waals surface area contributed by atoms with Crippen molar-refractivity contribution in [1.82, 2.24) is 10.2 Å². The largest absolute Gasteiger partial charge is 0.455 e. The molecule has 0 spiro atoms. The molecule has 0 bridgehead atoms. The first-order valence-electron chi connectivity index (χ1n) is 11.4. The van der Waals surface area contributed by atoms with Crippen LogP contribution in [0, 0.1) is 6.92 Å². The summed E-state index contributed by atoms with van der Waals surface area (Å²) >= 11 is 0. The summed E-state index contributed by atoms with van der Waals surface area (Å²) in [5, 5.41) is 6.45. The molecule has 4 rings (SSSR count). The molecule has 172 valence electrons. The topological polar surface area (TPSA) is 62.8 Å². The fraction of sp³-hybridized carbons (Fsp3) is 0.296. The minimum Gasteiger partial charge on any atom is -0.455 e. The zero-order chi connectivity index (χ0) is 22.9. The van der Waals surface area contributed by atoms with Crippen LogP contribution in [0.2, 0.25) is 0 Å². The molecular weight excluding hydrogens is 414 g/mol. The molecule has 6 heteroatoms. The van der Waals surface area contributed by atoms with Gasteiger partial charge in [-0.05, 0) is 36.8 Å². The first-order valence-corrected chi connectivity index (χ1v) is 11.4. The first-order chi connectivity index (χ1) is 16.2. The molecule has 0 aromatic heterocycles. The van der Waals surface area contributed by atoms with Crippen molar-refractivity contribution in [1.29, 1.82) is 0 Å². The number of nitrogens with one attached hydrogen (secondary N) is 2. The Morgan fingerprint density at radius 2 is 1.67 bits per heavy atom. The molecule has 3 aromatic carbocycles. The number of morpholine rings is 1. The van der Waals surface area contributed by atoms with E-state index >= 15 is 0 Å². The van der Waals surface area contributed by atoms with E-state index in [1.807, 2.05) is 54.6 Å². The van der Waals surface area contributed by atoms with E-state index in [4.69, 9.17) is 9.47 Å². The van der Waals surface area contributed by atoms with Gasteiger partial charge in [-0.15, -0.1) is 0 Å². The molecule has 33 heavy (non-hydrogen) atoms. The lowest BCUT2D eigenvalue weighted by molar-refractivity contribution is -0.115. The van der Waals surface area contributed by atoms with Gasteiger partial charge in [-0.2, -0.15) is 0 Å². The Labute approximate surface area is 195 Å². The maximum atomic E-state index is 12.8. The van der Waals surface area contributed by atoms with Crippen LogP contribution in [-0.4, -0.2) is 50.2 Å². The van der Waals surface area contributed by atoms with Gasteiger partial charge < -0.3 is 20.1 Å². The number of carbonyl (C=O) groups excluding carboxylic acids is 1. The van der Waals surface area contributed by atoms with E-state index in [1.54, 1.807) is 0 Å². The van der Waals surface area contributed by atoms with Crippen molar-refractivity contribution in [2.24, 2.45) is 0 Å². The zero-order valence-electron chi connectivity index (χ0n) is 19.0. The number of para-hydroxylation sites is 3. The van der Waals surface area contributed by atoms with E-state index in [0.29, 0.717) is 11.4 Å². The highest BCUT2D eigenvalue weighted by Crippen LogP contribution is 2.29. The monoisotopic (exact) mass is 445 g/mol. The Bertz CT molecular complexity index is 1020. The molecule has 1 atom stereocenters. The van der Waals surface area contributed by atoms with E-state index in [1.165, 1.54) is 11.1 Å². The Hall–Kier alpha value is -3.19. The predicted octanol–water partition coefficient (Wildman–Crippen LogP) is 4.39. The number of benzene rings is 3. The van der Waals surface area contributed by atoms with Crippen LogP contribution in [0.15, 0.2) is 78.9 Å². The highest BCUT2D eigenvalue weighted by atomic mass is 16.5. The third-order valence-electron chi connectivity index (χ3n) is 5.67. The number of aryl methyl sites for hydroxylation is 1. The van der Waals surface area contributed by atoms with E-state index < -0.39 is 0 Å². The number of nitrogens with zero attached hydrogens (tertiary/aromatic N) is 1. The summed E-state index contributed by atoms with van der Waals surface area (Å²) in [6, 6.07) is 25.6. The third kappa shape index (κ3) is 6.89. The SMILES string of the molecule is Cc1ccc(C(CN2CCOCC2)NCC(=O)Nc2ccccc2Oc2ccccc2)cc1. The molecular formula is C27H31N3O3. The molecule has 1 unspecified atom stereocenters. The molecule has 1 aliphatic heterocycles.